The number of benzene rings is 1. The lowest BCUT2D eigenvalue weighted by Crippen LogP contribution is -2.53. The minimum atomic E-state index is -4.79. The molecule has 1 atom stereocenters. The molecule has 0 aliphatic heterocycles. The summed E-state index contributed by atoms with van der Waals surface area (Å²) in [6.45, 7) is 0. The van der Waals surface area contributed by atoms with E-state index in [-0.39, 0.29) is 5.56 Å². The molecular formula is C16H19F3O2. The highest BCUT2D eigenvalue weighted by Gasteiger charge is 2.58. The van der Waals surface area contributed by atoms with E-state index in [0.29, 0.717) is 25.7 Å². The summed E-state index contributed by atoms with van der Waals surface area (Å²) in [7, 11) is 0. The number of hydrogen-bond acceptors (Lipinski definition) is 2. The summed E-state index contributed by atoms with van der Waals surface area (Å²) in [5.74, 6) is -1.56. The minimum Gasteiger partial charge on any atom is -0.380 e. The number of rotatable bonds is 4. The molecule has 0 aromatic heterocycles. The molecule has 1 aliphatic carbocycles. The zero-order chi connectivity index (χ0) is 15.5. The number of carbonyl (C=O) groups is 1. The molecule has 0 saturated heterocycles. The fourth-order valence-electron chi connectivity index (χ4n) is 3.03. The first-order valence-corrected chi connectivity index (χ1v) is 7.22. The van der Waals surface area contributed by atoms with E-state index in [1.807, 2.05) is 0 Å². The first-order chi connectivity index (χ1) is 9.84. The zero-order valence-corrected chi connectivity index (χ0v) is 11.7. The molecule has 1 aromatic carbocycles. The van der Waals surface area contributed by atoms with Crippen molar-refractivity contribution in [1.82, 2.24) is 0 Å². The summed E-state index contributed by atoms with van der Waals surface area (Å²) < 4.78 is 40.1. The molecule has 1 aromatic rings. The van der Waals surface area contributed by atoms with Crippen molar-refractivity contribution in [2.45, 2.75) is 50.3 Å². The van der Waals surface area contributed by atoms with Gasteiger partial charge in [-0.2, -0.15) is 13.2 Å². The van der Waals surface area contributed by atoms with Crippen LogP contribution in [0.15, 0.2) is 30.3 Å². The third-order valence-corrected chi connectivity index (χ3v) is 4.30. The Labute approximate surface area is 122 Å². The molecule has 1 fully saturated rings. The van der Waals surface area contributed by atoms with Crippen molar-refractivity contribution < 1.29 is 23.1 Å². The highest BCUT2D eigenvalue weighted by molar-refractivity contribution is 5.96. The third kappa shape index (κ3) is 3.46. The lowest BCUT2D eigenvalue weighted by atomic mass is 9.73. The average molecular weight is 300 g/mol. The van der Waals surface area contributed by atoms with E-state index in [0.717, 1.165) is 6.42 Å². The number of Topliss-reactive ketones (excluding diaryl/α,β-unsaturated/α-hetero) is 1. The SMILES string of the molecule is O=C(CC(O)(C1CCCCC1)C(F)(F)F)c1ccccc1. The summed E-state index contributed by atoms with van der Waals surface area (Å²) in [6.07, 6.45) is -2.83. The predicted octanol–water partition coefficient (Wildman–Crippen LogP) is 4.13. The van der Waals surface area contributed by atoms with Gasteiger partial charge in [-0.05, 0) is 18.8 Å². The fraction of sp³-hybridized carbons (Fsp3) is 0.562. The first kappa shape index (κ1) is 16.0. The van der Waals surface area contributed by atoms with Gasteiger partial charge in [0.15, 0.2) is 11.4 Å². The van der Waals surface area contributed by atoms with Crippen molar-refractivity contribution in [3.63, 3.8) is 0 Å². The van der Waals surface area contributed by atoms with Crippen LogP contribution in [-0.2, 0) is 0 Å². The van der Waals surface area contributed by atoms with Crippen molar-refractivity contribution in [1.29, 1.82) is 0 Å². The molecule has 0 amide bonds. The molecule has 5 heteroatoms. The van der Waals surface area contributed by atoms with Gasteiger partial charge >= 0.3 is 6.18 Å². The molecule has 0 spiro atoms. The second-order valence-electron chi connectivity index (χ2n) is 5.72. The molecule has 0 bridgehead atoms. The standard InChI is InChI=1S/C16H19F3O2/c17-16(18,19)15(21,13-9-5-2-6-10-13)11-14(20)12-7-3-1-4-8-12/h1,3-4,7-8,13,21H,2,5-6,9-11H2. The van der Waals surface area contributed by atoms with Gasteiger partial charge in [0.1, 0.15) is 0 Å². The van der Waals surface area contributed by atoms with Gasteiger partial charge in [-0.15, -0.1) is 0 Å². The number of alkyl halides is 3. The van der Waals surface area contributed by atoms with Crippen LogP contribution in [0.25, 0.3) is 0 Å². The van der Waals surface area contributed by atoms with E-state index in [4.69, 9.17) is 0 Å². The first-order valence-electron chi connectivity index (χ1n) is 7.22. The molecule has 1 saturated carbocycles. The van der Waals surface area contributed by atoms with Crippen LogP contribution in [0.3, 0.4) is 0 Å². The van der Waals surface area contributed by atoms with Crippen LogP contribution in [0, 0.1) is 5.92 Å². The molecule has 1 N–H and O–H groups in total. The summed E-state index contributed by atoms with van der Waals surface area (Å²) >= 11 is 0. The summed E-state index contributed by atoms with van der Waals surface area (Å²) in [5.41, 5.74) is -2.71. The highest BCUT2D eigenvalue weighted by Crippen LogP contribution is 2.45. The molecule has 116 valence electrons. The van der Waals surface area contributed by atoms with E-state index in [2.05, 4.69) is 0 Å². The van der Waals surface area contributed by atoms with Gasteiger partial charge in [-0.25, -0.2) is 0 Å². The average Bonchev–Trinajstić information content (AvgIpc) is 2.47. The Morgan fingerprint density at radius 2 is 1.67 bits per heavy atom. The van der Waals surface area contributed by atoms with Crippen molar-refractivity contribution in [3.05, 3.63) is 35.9 Å². The maximum absolute atomic E-state index is 13.4. The maximum Gasteiger partial charge on any atom is 0.417 e. The number of hydrogen-bond donors (Lipinski definition) is 1. The monoisotopic (exact) mass is 300 g/mol. The minimum absolute atomic E-state index is 0.205. The van der Waals surface area contributed by atoms with E-state index in [1.165, 1.54) is 12.1 Å². The molecule has 2 nitrogen and oxygen atoms in total. The summed E-state index contributed by atoms with van der Waals surface area (Å²) in [6, 6.07) is 7.83. The van der Waals surface area contributed by atoms with Gasteiger partial charge in [-0.1, -0.05) is 49.6 Å². The van der Waals surface area contributed by atoms with Crippen LogP contribution in [0.2, 0.25) is 0 Å². The van der Waals surface area contributed by atoms with Crippen molar-refractivity contribution in [2.24, 2.45) is 5.92 Å². The third-order valence-electron chi connectivity index (χ3n) is 4.30. The molecule has 1 aliphatic rings. The van der Waals surface area contributed by atoms with Gasteiger partial charge in [0, 0.05) is 12.0 Å². The number of halogens is 3. The molecule has 0 heterocycles. The smallest absolute Gasteiger partial charge is 0.380 e. The quantitative estimate of drug-likeness (QED) is 0.849. The fourth-order valence-corrected chi connectivity index (χ4v) is 3.03. The van der Waals surface area contributed by atoms with E-state index >= 15 is 0 Å². The van der Waals surface area contributed by atoms with Crippen molar-refractivity contribution in [3.8, 4) is 0 Å². The molecule has 21 heavy (non-hydrogen) atoms. The van der Waals surface area contributed by atoms with Crippen molar-refractivity contribution >= 4 is 5.78 Å². The summed E-state index contributed by atoms with van der Waals surface area (Å²) in [4.78, 5) is 12.1. The maximum atomic E-state index is 13.4. The van der Waals surface area contributed by atoms with E-state index in [9.17, 15) is 23.1 Å². The second kappa shape index (κ2) is 6.18. The lowest BCUT2D eigenvalue weighted by Gasteiger charge is -2.39. The van der Waals surface area contributed by atoms with Crippen LogP contribution in [0.5, 0.6) is 0 Å². The molecular weight excluding hydrogens is 281 g/mol. The highest BCUT2D eigenvalue weighted by atomic mass is 19.4. The normalized spacial score (nSPS) is 20.0. The Bertz CT molecular complexity index is 478. The summed E-state index contributed by atoms with van der Waals surface area (Å²) in [5, 5.41) is 10.3. The van der Waals surface area contributed by atoms with Gasteiger partial charge in [0.25, 0.3) is 0 Å². The Kier molecular flexibility index (Phi) is 4.71. The Hall–Kier alpha value is -1.36. The van der Waals surface area contributed by atoms with Gasteiger partial charge < -0.3 is 5.11 Å². The molecule has 0 radical (unpaired) electrons. The van der Waals surface area contributed by atoms with Gasteiger partial charge in [0.2, 0.25) is 0 Å². The van der Waals surface area contributed by atoms with Crippen molar-refractivity contribution in [2.75, 3.05) is 0 Å². The molecule has 1 unspecified atom stereocenters. The molecule has 2 rings (SSSR count). The number of carbonyl (C=O) groups excluding carboxylic acids is 1. The van der Waals surface area contributed by atoms with Crippen LogP contribution in [-0.4, -0.2) is 22.7 Å². The van der Waals surface area contributed by atoms with Gasteiger partial charge in [0.05, 0.1) is 0 Å². The Morgan fingerprint density at radius 1 is 1.10 bits per heavy atom. The Balaban J connectivity index is 2.22. The Morgan fingerprint density at radius 3 is 2.19 bits per heavy atom. The lowest BCUT2D eigenvalue weighted by molar-refractivity contribution is -0.280. The topological polar surface area (TPSA) is 37.3 Å². The van der Waals surface area contributed by atoms with Gasteiger partial charge in [-0.3, -0.25) is 4.79 Å². The largest absolute Gasteiger partial charge is 0.417 e. The van der Waals surface area contributed by atoms with E-state index in [1.54, 1.807) is 18.2 Å². The number of aliphatic hydroxyl groups is 1. The van der Waals surface area contributed by atoms with Crippen LogP contribution >= 0.6 is 0 Å². The van der Waals surface area contributed by atoms with Crippen LogP contribution in [0.4, 0.5) is 13.2 Å². The zero-order valence-electron chi connectivity index (χ0n) is 11.7. The van der Waals surface area contributed by atoms with Crippen LogP contribution in [0.1, 0.15) is 48.9 Å². The number of ketones is 1. The predicted molar refractivity (Wildman–Crippen MR) is 73.0 cm³/mol. The van der Waals surface area contributed by atoms with E-state index < -0.39 is 29.9 Å². The van der Waals surface area contributed by atoms with Crippen LogP contribution < -0.4 is 0 Å². The second-order valence-corrected chi connectivity index (χ2v) is 5.72.